The molecule has 0 fully saturated rings. The van der Waals surface area contributed by atoms with Crippen molar-refractivity contribution in [3.8, 4) is 12.1 Å². The Bertz CT molecular complexity index is 1770. The van der Waals surface area contributed by atoms with Crippen molar-refractivity contribution in [2.75, 3.05) is 0 Å². The van der Waals surface area contributed by atoms with Crippen molar-refractivity contribution in [3.63, 3.8) is 0 Å². The number of hydrogen-bond acceptors (Lipinski definition) is 10. The van der Waals surface area contributed by atoms with Crippen molar-refractivity contribution in [1.29, 1.82) is 10.5 Å². The van der Waals surface area contributed by atoms with Crippen LogP contribution in [0.15, 0.2) is 81.9 Å². The highest BCUT2D eigenvalue weighted by atomic mass is 32.2. The van der Waals surface area contributed by atoms with E-state index in [4.69, 9.17) is 11.5 Å². The summed E-state index contributed by atoms with van der Waals surface area (Å²) in [7, 11) is 0. The Morgan fingerprint density at radius 3 is 1.40 bits per heavy atom. The number of carbonyl (C=O) groups is 2. The standard InChI is InChI=1S/C32H24N4O2S4/c1-15-21-16(2)27(25(38)29-23(18-11-7-4-8-12-18)20(14-34)31(36)40-29)42-32(21)41-26(15)24(37)28-22(17-9-5-3-6-10-17)19(13-33)30(35)39-28/h3-12,22-23,28-29H,35-36H2,1-2H3. The largest absolute Gasteiger partial charge is 0.393 e. The molecule has 4 aromatic rings. The van der Waals surface area contributed by atoms with Crippen LogP contribution in [0.3, 0.4) is 0 Å². The molecule has 42 heavy (non-hydrogen) atoms. The van der Waals surface area contributed by atoms with E-state index in [1.807, 2.05) is 74.5 Å². The van der Waals surface area contributed by atoms with Crippen LogP contribution in [-0.2, 0) is 0 Å². The molecule has 4 heterocycles. The van der Waals surface area contributed by atoms with E-state index in [1.54, 1.807) is 0 Å². The Hall–Kier alpha value is -3.80. The summed E-state index contributed by atoms with van der Waals surface area (Å²) in [6.07, 6.45) is 0. The fraction of sp³-hybridized carbons (Fsp3) is 0.188. The topological polar surface area (TPSA) is 134 Å². The number of rotatable bonds is 6. The molecular weight excluding hydrogens is 601 g/mol. The Balaban J connectivity index is 1.35. The number of Topliss-reactive ketones (excluding diaryl/α,β-unsaturated/α-hetero) is 2. The van der Waals surface area contributed by atoms with E-state index in [0.29, 0.717) is 31.0 Å². The van der Waals surface area contributed by atoms with Gasteiger partial charge in [-0.15, -0.1) is 22.7 Å². The number of ketones is 2. The molecule has 0 amide bonds. The fourth-order valence-corrected chi connectivity index (χ4v) is 11.2. The predicted molar refractivity (Wildman–Crippen MR) is 173 cm³/mol. The number of hydrogen-bond donors (Lipinski definition) is 2. The molecule has 0 radical (unpaired) electrons. The first kappa shape index (κ1) is 28.3. The van der Waals surface area contributed by atoms with Crippen LogP contribution >= 0.6 is 46.2 Å². The number of aryl methyl sites for hydroxylation is 2. The van der Waals surface area contributed by atoms with E-state index in [-0.39, 0.29) is 11.6 Å². The predicted octanol–water partition coefficient (Wildman–Crippen LogP) is 7.13. The van der Waals surface area contributed by atoms with Gasteiger partial charge in [0.1, 0.15) is 0 Å². The highest BCUT2D eigenvalue weighted by Crippen LogP contribution is 2.51. The first-order chi connectivity index (χ1) is 20.3. The van der Waals surface area contributed by atoms with E-state index in [2.05, 4.69) is 12.1 Å². The minimum absolute atomic E-state index is 0.0636. The molecule has 6 nitrogen and oxygen atoms in total. The second-order valence-corrected chi connectivity index (χ2v) is 14.8. The minimum atomic E-state index is -0.546. The van der Waals surface area contributed by atoms with Gasteiger partial charge in [0.05, 0.1) is 57.6 Å². The second kappa shape index (κ2) is 11.1. The lowest BCUT2D eigenvalue weighted by molar-refractivity contribution is 0.0981. The van der Waals surface area contributed by atoms with Gasteiger partial charge < -0.3 is 11.5 Å². The summed E-state index contributed by atoms with van der Waals surface area (Å²) in [5.74, 6) is -0.973. The molecule has 2 aromatic carbocycles. The first-order valence-electron chi connectivity index (χ1n) is 13.1. The van der Waals surface area contributed by atoms with Crippen molar-refractivity contribution in [3.05, 3.63) is 114 Å². The van der Waals surface area contributed by atoms with E-state index in [0.717, 1.165) is 31.7 Å². The SMILES string of the molecule is Cc1c(C(=O)C2SC(N)=C(C#N)C2c2ccccc2)sc2sc(C(=O)C3SC(N)=C(C#N)C3c3ccccc3)c(C)c12. The van der Waals surface area contributed by atoms with Gasteiger partial charge in [-0.3, -0.25) is 9.59 Å². The second-order valence-electron chi connectivity index (χ2n) is 10.1. The maximum Gasteiger partial charge on any atom is 0.187 e. The molecule has 0 aliphatic carbocycles. The summed E-state index contributed by atoms with van der Waals surface area (Å²) in [6.45, 7) is 3.84. The summed E-state index contributed by atoms with van der Waals surface area (Å²) in [5.41, 5.74) is 16.8. The third-order valence-electron chi connectivity index (χ3n) is 7.81. The van der Waals surface area contributed by atoms with Gasteiger partial charge in [0.15, 0.2) is 11.6 Å². The highest BCUT2D eigenvalue weighted by Gasteiger charge is 2.44. The summed E-state index contributed by atoms with van der Waals surface area (Å²) in [6, 6.07) is 23.5. The van der Waals surface area contributed by atoms with Gasteiger partial charge in [0.25, 0.3) is 0 Å². The molecule has 2 aliphatic heterocycles. The molecule has 0 bridgehead atoms. The van der Waals surface area contributed by atoms with E-state index < -0.39 is 22.3 Å². The maximum atomic E-state index is 14.1. The van der Waals surface area contributed by atoms with Gasteiger partial charge in [0.2, 0.25) is 0 Å². The lowest BCUT2D eigenvalue weighted by Crippen LogP contribution is -2.23. The molecule has 0 saturated heterocycles. The molecule has 10 heteroatoms. The summed E-state index contributed by atoms with van der Waals surface area (Å²) < 4.78 is 0.901. The average Bonchev–Trinajstić information content (AvgIpc) is 3.73. The smallest absolute Gasteiger partial charge is 0.187 e. The van der Waals surface area contributed by atoms with E-state index >= 15 is 0 Å². The zero-order chi connectivity index (χ0) is 29.7. The lowest BCUT2D eigenvalue weighted by Gasteiger charge is -2.19. The van der Waals surface area contributed by atoms with E-state index in [9.17, 15) is 20.1 Å². The number of carbonyl (C=O) groups excluding carboxylic acids is 2. The number of nitrogens with two attached hydrogens (primary N) is 2. The van der Waals surface area contributed by atoms with Gasteiger partial charge in [-0.25, -0.2) is 0 Å². The van der Waals surface area contributed by atoms with Crippen molar-refractivity contribution < 1.29 is 9.59 Å². The molecule has 2 aromatic heterocycles. The number of thiophene rings is 2. The number of nitrogens with zero attached hydrogens (tertiary/aromatic N) is 2. The Morgan fingerprint density at radius 2 is 1.07 bits per heavy atom. The van der Waals surface area contributed by atoms with Crippen LogP contribution in [0.25, 0.3) is 9.40 Å². The number of benzene rings is 2. The summed E-state index contributed by atoms with van der Waals surface area (Å²) in [5, 5.41) is 20.3. The molecule has 4 N–H and O–H groups in total. The van der Waals surface area contributed by atoms with Crippen LogP contribution in [0.2, 0.25) is 0 Å². The van der Waals surface area contributed by atoms with Crippen LogP contribution in [0.4, 0.5) is 0 Å². The molecule has 4 unspecified atom stereocenters. The average molecular weight is 625 g/mol. The monoisotopic (exact) mass is 624 g/mol. The zero-order valence-corrected chi connectivity index (χ0v) is 25.8. The van der Waals surface area contributed by atoms with E-state index in [1.165, 1.54) is 46.2 Å². The fourth-order valence-electron chi connectivity index (χ4n) is 5.81. The highest BCUT2D eigenvalue weighted by molar-refractivity contribution is 8.05. The van der Waals surface area contributed by atoms with Crippen LogP contribution < -0.4 is 11.5 Å². The lowest BCUT2D eigenvalue weighted by atomic mass is 9.86. The van der Waals surface area contributed by atoms with Crippen molar-refractivity contribution in [2.24, 2.45) is 11.5 Å². The van der Waals surface area contributed by atoms with Gasteiger partial charge in [-0.05, 0) is 36.1 Å². The molecular formula is C32H24N4O2S4. The van der Waals surface area contributed by atoms with Gasteiger partial charge >= 0.3 is 0 Å². The third kappa shape index (κ3) is 4.47. The molecule has 0 spiro atoms. The molecule has 0 saturated carbocycles. The number of fused-ring (bicyclic) bond motifs is 1. The minimum Gasteiger partial charge on any atom is -0.393 e. The number of thioether (sulfide) groups is 2. The van der Waals surface area contributed by atoms with Crippen molar-refractivity contribution >= 4 is 67.2 Å². The van der Waals surface area contributed by atoms with Crippen LogP contribution in [0.5, 0.6) is 0 Å². The quantitative estimate of drug-likeness (QED) is 0.216. The Morgan fingerprint density at radius 1 is 0.690 bits per heavy atom. The first-order valence-corrected chi connectivity index (χ1v) is 16.5. The molecule has 4 atom stereocenters. The number of nitriles is 2. The summed E-state index contributed by atoms with van der Waals surface area (Å²) >= 11 is 5.28. The van der Waals surface area contributed by atoms with Crippen LogP contribution in [0.1, 0.15) is 53.4 Å². The van der Waals surface area contributed by atoms with Crippen LogP contribution in [-0.4, -0.2) is 22.1 Å². The molecule has 2 aliphatic rings. The van der Waals surface area contributed by atoms with Crippen molar-refractivity contribution in [2.45, 2.75) is 36.2 Å². The van der Waals surface area contributed by atoms with Gasteiger partial charge in [0, 0.05) is 17.2 Å². The maximum absolute atomic E-state index is 14.1. The third-order valence-corrected chi connectivity index (χ3v) is 12.9. The molecule has 6 rings (SSSR count). The van der Waals surface area contributed by atoms with Crippen LogP contribution in [0, 0.1) is 36.5 Å². The summed E-state index contributed by atoms with van der Waals surface area (Å²) in [4.78, 5) is 29.4. The normalized spacial score (nSPS) is 22.0. The Kier molecular flexibility index (Phi) is 7.50. The van der Waals surface area contributed by atoms with Crippen molar-refractivity contribution in [1.82, 2.24) is 0 Å². The van der Waals surface area contributed by atoms with Gasteiger partial charge in [-0.2, -0.15) is 10.5 Å². The zero-order valence-electron chi connectivity index (χ0n) is 22.6. The number of allylic oxidation sites excluding steroid dienone is 2. The Labute approximate surface area is 259 Å². The van der Waals surface area contributed by atoms with Gasteiger partial charge in [-0.1, -0.05) is 84.2 Å². The molecule has 208 valence electrons.